The lowest BCUT2D eigenvalue weighted by Crippen LogP contribution is -2.56. The van der Waals surface area contributed by atoms with Crippen LogP contribution >= 0.6 is 11.6 Å². The normalized spacial score (nSPS) is 16.9. The van der Waals surface area contributed by atoms with Crippen molar-refractivity contribution < 1.29 is 32.0 Å². The molecule has 10 nitrogen and oxygen atoms in total. The van der Waals surface area contributed by atoms with Gasteiger partial charge in [0, 0.05) is 10.4 Å². The average molecular weight is 590 g/mol. The van der Waals surface area contributed by atoms with Gasteiger partial charge in [-0.25, -0.2) is 12.7 Å². The average Bonchev–Trinajstić information content (AvgIpc) is 3.24. The van der Waals surface area contributed by atoms with E-state index in [1.165, 1.54) is 37.4 Å². The van der Waals surface area contributed by atoms with Crippen LogP contribution in [-0.4, -0.2) is 62.6 Å². The van der Waals surface area contributed by atoms with Gasteiger partial charge in [0.15, 0.2) is 11.5 Å². The highest BCUT2D eigenvalue weighted by Crippen LogP contribution is 2.27. The number of hydrogen-bond donors (Lipinski definition) is 2. The molecule has 1 fully saturated rings. The maximum Gasteiger partial charge on any atom is 0.287 e. The van der Waals surface area contributed by atoms with E-state index in [2.05, 4.69) is 10.6 Å². The molecule has 1 saturated heterocycles. The van der Waals surface area contributed by atoms with Crippen LogP contribution in [0.25, 0.3) is 11.0 Å². The predicted molar refractivity (Wildman–Crippen MR) is 150 cm³/mol. The second kappa shape index (κ2) is 12.4. The van der Waals surface area contributed by atoms with Crippen molar-refractivity contribution in [2.75, 3.05) is 20.2 Å². The van der Waals surface area contributed by atoms with Crippen molar-refractivity contribution in [1.82, 2.24) is 14.9 Å². The minimum atomic E-state index is -4.49. The van der Waals surface area contributed by atoms with Crippen molar-refractivity contribution in [2.24, 2.45) is 5.92 Å². The van der Waals surface area contributed by atoms with E-state index in [-0.39, 0.29) is 36.0 Å². The van der Waals surface area contributed by atoms with Gasteiger partial charge < -0.3 is 19.8 Å². The molecular weight excluding hydrogens is 558 g/mol. The van der Waals surface area contributed by atoms with E-state index < -0.39 is 39.7 Å². The van der Waals surface area contributed by atoms with E-state index in [0.717, 1.165) is 0 Å². The molecule has 2 aromatic carbocycles. The third kappa shape index (κ3) is 6.48. The first-order valence-corrected chi connectivity index (χ1v) is 14.8. The number of amides is 2. The number of fused-ring (bicyclic) bond motifs is 1. The van der Waals surface area contributed by atoms with Crippen molar-refractivity contribution >= 4 is 50.2 Å². The molecule has 0 saturated carbocycles. The molecule has 1 aliphatic rings. The number of ketones is 1. The number of benzene rings is 2. The summed E-state index contributed by atoms with van der Waals surface area (Å²) in [4.78, 5) is 40.3. The van der Waals surface area contributed by atoms with Gasteiger partial charge in [-0.15, -0.1) is 0 Å². The first-order valence-electron chi connectivity index (χ1n) is 13.0. The molecule has 1 aliphatic heterocycles. The molecule has 4 rings (SSSR count). The molecule has 214 valence electrons. The number of nitrogens with zero attached hydrogens (tertiary/aromatic N) is 1. The smallest absolute Gasteiger partial charge is 0.287 e. The van der Waals surface area contributed by atoms with Gasteiger partial charge in [0.25, 0.3) is 21.8 Å². The lowest BCUT2D eigenvalue weighted by Gasteiger charge is -2.33. The molecule has 0 spiro atoms. The highest BCUT2D eigenvalue weighted by molar-refractivity contribution is 7.89. The van der Waals surface area contributed by atoms with Gasteiger partial charge in [-0.2, -0.15) is 0 Å². The maximum absolute atomic E-state index is 14.1. The Bertz CT molecular complexity index is 1500. The van der Waals surface area contributed by atoms with Crippen LogP contribution in [0.3, 0.4) is 0 Å². The summed E-state index contributed by atoms with van der Waals surface area (Å²) >= 11 is 5.97. The number of Topliss-reactive ketones (excluding diaryl/α,β-unsaturated/α-hetero) is 1. The molecule has 40 heavy (non-hydrogen) atoms. The van der Waals surface area contributed by atoms with Gasteiger partial charge in [-0.3, -0.25) is 14.4 Å². The summed E-state index contributed by atoms with van der Waals surface area (Å²) in [7, 11) is -2.96. The van der Waals surface area contributed by atoms with Crippen LogP contribution in [0.2, 0.25) is 5.02 Å². The van der Waals surface area contributed by atoms with Crippen molar-refractivity contribution in [3.8, 4) is 5.75 Å². The number of furan rings is 1. The van der Waals surface area contributed by atoms with Gasteiger partial charge in [-0.1, -0.05) is 25.4 Å². The van der Waals surface area contributed by atoms with Crippen molar-refractivity contribution in [2.45, 2.75) is 50.1 Å². The summed E-state index contributed by atoms with van der Waals surface area (Å²) in [6, 6.07) is 9.48. The van der Waals surface area contributed by atoms with E-state index in [1.807, 2.05) is 13.8 Å². The highest BCUT2D eigenvalue weighted by atomic mass is 35.5. The van der Waals surface area contributed by atoms with Crippen LogP contribution in [0.5, 0.6) is 5.75 Å². The minimum absolute atomic E-state index is 0.0494. The Labute approximate surface area is 238 Å². The number of ether oxygens (including phenoxy) is 1. The van der Waals surface area contributed by atoms with Gasteiger partial charge in [0.2, 0.25) is 0 Å². The molecule has 2 atom stereocenters. The SMILES string of the molecule is COc1ccc2oc(C(=O)N[C@@H](CC(C)C)C(=O)N(C3CCCNCC3=O)S(=O)(=O)c3ccc(Cl)cc3)cc2c1. The standard InChI is InChI=1S/C28H32ClN3O7S/c1-17(2)13-22(31-27(34)26-15-18-14-20(38-3)8-11-25(18)39-26)28(35)32(23-5-4-12-30-16-24(23)33)40(36,37)21-9-6-19(29)7-10-21/h6-11,14-15,17,22-23,30H,4-5,12-13,16H2,1-3H3,(H,31,34)/t22-,23?/m0/s1. The fourth-order valence-corrected chi connectivity index (χ4v) is 6.41. The Kier molecular flexibility index (Phi) is 9.17. The van der Waals surface area contributed by atoms with E-state index in [9.17, 15) is 22.8 Å². The van der Waals surface area contributed by atoms with Crippen molar-refractivity contribution in [3.63, 3.8) is 0 Å². The second-order valence-corrected chi connectivity index (χ2v) is 12.3. The van der Waals surface area contributed by atoms with Crippen LogP contribution in [0.1, 0.15) is 43.7 Å². The van der Waals surface area contributed by atoms with E-state index in [0.29, 0.717) is 39.0 Å². The largest absolute Gasteiger partial charge is 0.497 e. The molecule has 0 radical (unpaired) electrons. The molecule has 0 bridgehead atoms. The summed E-state index contributed by atoms with van der Waals surface area (Å²) in [5, 5.41) is 6.58. The van der Waals surface area contributed by atoms with Crippen LogP contribution in [0.15, 0.2) is 57.8 Å². The third-order valence-electron chi connectivity index (χ3n) is 6.63. The zero-order valence-corrected chi connectivity index (χ0v) is 24.0. The number of carbonyl (C=O) groups is 3. The van der Waals surface area contributed by atoms with Crippen molar-refractivity contribution in [3.05, 3.63) is 59.3 Å². The topological polar surface area (TPSA) is 135 Å². The number of halogens is 1. The first kappa shape index (κ1) is 29.6. The number of sulfonamides is 1. The first-order chi connectivity index (χ1) is 19.0. The van der Waals surface area contributed by atoms with Gasteiger partial charge in [-0.05, 0) is 80.3 Å². The maximum atomic E-state index is 14.1. The lowest BCUT2D eigenvalue weighted by atomic mass is 10.0. The Hall–Kier alpha value is -3.41. The van der Waals surface area contributed by atoms with Gasteiger partial charge >= 0.3 is 0 Å². The lowest BCUT2D eigenvalue weighted by molar-refractivity contribution is -0.135. The zero-order chi connectivity index (χ0) is 29.0. The summed E-state index contributed by atoms with van der Waals surface area (Å²) in [5.41, 5.74) is 0.446. The fourth-order valence-electron chi connectivity index (χ4n) is 4.65. The molecule has 12 heteroatoms. The quantitative estimate of drug-likeness (QED) is 0.385. The molecule has 1 unspecified atom stereocenters. The Balaban J connectivity index is 1.72. The summed E-state index contributed by atoms with van der Waals surface area (Å²) in [6.07, 6.45) is 0.766. The summed E-state index contributed by atoms with van der Waals surface area (Å²) in [6.45, 7) is 4.12. The molecule has 2 amide bonds. The minimum Gasteiger partial charge on any atom is -0.497 e. The number of hydrogen-bond acceptors (Lipinski definition) is 8. The number of methoxy groups -OCH3 is 1. The zero-order valence-electron chi connectivity index (χ0n) is 22.5. The van der Waals surface area contributed by atoms with Gasteiger partial charge in [0.05, 0.1) is 18.6 Å². The number of rotatable bonds is 9. The Morgan fingerprint density at radius 3 is 2.58 bits per heavy atom. The fraction of sp³-hybridized carbons (Fsp3) is 0.393. The number of nitrogens with one attached hydrogen (secondary N) is 2. The molecule has 2 N–H and O–H groups in total. The van der Waals surface area contributed by atoms with Crippen molar-refractivity contribution in [1.29, 1.82) is 0 Å². The van der Waals surface area contributed by atoms with Crippen LogP contribution in [0, 0.1) is 5.92 Å². The van der Waals surface area contributed by atoms with Crippen LogP contribution < -0.4 is 15.4 Å². The Morgan fingerprint density at radius 1 is 1.18 bits per heavy atom. The molecule has 3 aromatic rings. The monoisotopic (exact) mass is 589 g/mol. The van der Waals surface area contributed by atoms with E-state index >= 15 is 0 Å². The number of carbonyl (C=O) groups excluding carboxylic acids is 3. The van der Waals surface area contributed by atoms with Crippen LogP contribution in [0.4, 0.5) is 0 Å². The van der Waals surface area contributed by atoms with E-state index in [1.54, 1.807) is 18.2 Å². The highest BCUT2D eigenvalue weighted by Gasteiger charge is 2.43. The van der Waals surface area contributed by atoms with Crippen LogP contribution in [-0.2, 0) is 19.6 Å². The third-order valence-corrected chi connectivity index (χ3v) is 8.70. The van der Waals surface area contributed by atoms with E-state index in [4.69, 9.17) is 20.8 Å². The Morgan fingerprint density at radius 2 is 1.90 bits per heavy atom. The molecule has 1 aromatic heterocycles. The predicted octanol–water partition coefficient (Wildman–Crippen LogP) is 3.78. The second-order valence-electron chi connectivity index (χ2n) is 10.1. The molecule has 0 aliphatic carbocycles. The summed E-state index contributed by atoms with van der Waals surface area (Å²) in [5.74, 6) is -1.57. The molecular formula is C28H32ClN3O7S. The van der Waals surface area contributed by atoms with Gasteiger partial charge in [0.1, 0.15) is 23.4 Å². The summed E-state index contributed by atoms with van der Waals surface area (Å²) < 4.78 is 39.4. The molecule has 2 heterocycles.